The molecule has 2 aromatic rings. The van der Waals surface area contributed by atoms with Crippen molar-refractivity contribution in [3.05, 3.63) is 26.9 Å². The van der Waals surface area contributed by atoms with Gasteiger partial charge in [-0.15, -0.1) is 21.5 Å². The van der Waals surface area contributed by atoms with Crippen LogP contribution in [0.15, 0.2) is 11.4 Å². The highest BCUT2D eigenvalue weighted by molar-refractivity contribution is 7.15. The summed E-state index contributed by atoms with van der Waals surface area (Å²) in [6.45, 7) is 3.04. The Kier molecular flexibility index (Phi) is 5.15. The summed E-state index contributed by atoms with van der Waals surface area (Å²) in [6, 6.07) is 2.64. The zero-order valence-corrected chi connectivity index (χ0v) is 16.1. The molecule has 2 aromatic heterocycles. The van der Waals surface area contributed by atoms with E-state index in [0.717, 1.165) is 22.3 Å². The van der Waals surface area contributed by atoms with Crippen LogP contribution >= 0.6 is 22.7 Å². The smallest absolute Gasteiger partial charge is 0.267 e. The van der Waals surface area contributed by atoms with E-state index in [4.69, 9.17) is 0 Å². The quantitative estimate of drug-likeness (QED) is 0.793. The van der Waals surface area contributed by atoms with E-state index >= 15 is 0 Å². The van der Waals surface area contributed by atoms with E-state index < -0.39 is 0 Å². The average Bonchev–Trinajstić information content (AvgIpc) is 3.02. The summed E-state index contributed by atoms with van der Waals surface area (Å²) in [6.07, 6.45) is 8.19. The van der Waals surface area contributed by atoms with Gasteiger partial charge in [-0.1, -0.05) is 30.6 Å². The van der Waals surface area contributed by atoms with Gasteiger partial charge in [0, 0.05) is 12.0 Å². The molecule has 134 valence electrons. The number of aryl methyl sites for hydroxylation is 1. The van der Waals surface area contributed by atoms with E-state index in [9.17, 15) is 4.79 Å². The first-order valence-electron chi connectivity index (χ1n) is 9.12. The van der Waals surface area contributed by atoms with Crippen LogP contribution in [0, 0.1) is 12.8 Å². The molecule has 2 N–H and O–H groups in total. The van der Waals surface area contributed by atoms with Crippen molar-refractivity contribution < 1.29 is 4.79 Å². The molecule has 0 aliphatic heterocycles. The molecule has 4 rings (SSSR count). The normalized spacial score (nSPS) is 23.6. The first kappa shape index (κ1) is 17.1. The van der Waals surface area contributed by atoms with Gasteiger partial charge in [0.2, 0.25) is 5.13 Å². The molecule has 5 nitrogen and oxygen atoms in total. The number of amides is 1. The van der Waals surface area contributed by atoms with Crippen LogP contribution in [0.3, 0.4) is 0 Å². The summed E-state index contributed by atoms with van der Waals surface area (Å²) in [5, 5.41) is 18.0. The Morgan fingerprint density at radius 1 is 1.28 bits per heavy atom. The lowest BCUT2D eigenvalue weighted by molar-refractivity contribution is 0.103. The Morgan fingerprint density at radius 2 is 2.12 bits per heavy atom. The van der Waals surface area contributed by atoms with Gasteiger partial charge in [-0.25, -0.2) is 0 Å². The number of thiophene rings is 1. The minimum absolute atomic E-state index is 0.0836. The van der Waals surface area contributed by atoms with Crippen molar-refractivity contribution in [2.24, 2.45) is 5.92 Å². The maximum atomic E-state index is 12.3. The summed E-state index contributed by atoms with van der Waals surface area (Å²) >= 11 is 2.91. The van der Waals surface area contributed by atoms with E-state index in [2.05, 4.69) is 26.2 Å². The SMILES string of the molecule is Cc1nnc(NC(=O)c2cc([C@@H]3C[C@H]3NCC3CCCCC3)cs2)s1. The predicted molar refractivity (Wildman–Crippen MR) is 103 cm³/mol. The average molecular weight is 377 g/mol. The molecule has 0 unspecified atom stereocenters. The molecule has 0 bridgehead atoms. The highest BCUT2D eigenvalue weighted by Gasteiger charge is 2.39. The van der Waals surface area contributed by atoms with Crippen LogP contribution in [0.4, 0.5) is 5.13 Å². The van der Waals surface area contributed by atoms with Crippen molar-refractivity contribution in [3.63, 3.8) is 0 Å². The number of rotatable bonds is 6. The van der Waals surface area contributed by atoms with E-state index in [0.29, 0.717) is 17.1 Å². The lowest BCUT2D eigenvalue weighted by atomic mass is 9.89. The molecule has 2 heterocycles. The largest absolute Gasteiger partial charge is 0.313 e. The highest BCUT2D eigenvalue weighted by atomic mass is 32.1. The van der Waals surface area contributed by atoms with Crippen LogP contribution in [-0.4, -0.2) is 28.7 Å². The molecule has 0 spiro atoms. The number of anilines is 1. The lowest BCUT2D eigenvalue weighted by Crippen LogP contribution is -2.26. The molecular formula is C18H24N4OS2. The summed E-state index contributed by atoms with van der Waals surface area (Å²) in [5.41, 5.74) is 1.30. The Bertz CT molecular complexity index is 735. The minimum atomic E-state index is -0.0836. The third-order valence-electron chi connectivity index (χ3n) is 5.20. The summed E-state index contributed by atoms with van der Waals surface area (Å²) in [5.74, 6) is 1.36. The summed E-state index contributed by atoms with van der Waals surface area (Å²) in [7, 11) is 0. The maximum Gasteiger partial charge on any atom is 0.267 e. The minimum Gasteiger partial charge on any atom is -0.313 e. The molecule has 2 atom stereocenters. The number of carbonyl (C=O) groups is 1. The van der Waals surface area contributed by atoms with Gasteiger partial charge in [0.05, 0.1) is 4.88 Å². The fourth-order valence-corrected chi connectivity index (χ4v) is 5.12. The molecule has 25 heavy (non-hydrogen) atoms. The van der Waals surface area contributed by atoms with Crippen LogP contribution < -0.4 is 10.6 Å². The first-order chi connectivity index (χ1) is 12.2. The molecule has 0 radical (unpaired) electrons. The van der Waals surface area contributed by atoms with Gasteiger partial charge < -0.3 is 5.32 Å². The molecule has 2 aliphatic rings. The van der Waals surface area contributed by atoms with Crippen molar-refractivity contribution in [2.45, 2.75) is 57.4 Å². The van der Waals surface area contributed by atoms with Crippen LogP contribution in [0.25, 0.3) is 0 Å². The maximum absolute atomic E-state index is 12.3. The van der Waals surface area contributed by atoms with Gasteiger partial charge in [0.1, 0.15) is 5.01 Å². The summed E-state index contributed by atoms with van der Waals surface area (Å²) < 4.78 is 0. The molecule has 0 aromatic carbocycles. The van der Waals surface area contributed by atoms with Crippen LogP contribution in [0.1, 0.15) is 64.7 Å². The van der Waals surface area contributed by atoms with Gasteiger partial charge in [-0.2, -0.15) is 0 Å². The second-order valence-electron chi connectivity index (χ2n) is 7.19. The van der Waals surface area contributed by atoms with Crippen molar-refractivity contribution >= 4 is 33.7 Å². The Balaban J connectivity index is 1.27. The molecule has 7 heteroatoms. The monoisotopic (exact) mass is 376 g/mol. The number of carbonyl (C=O) groups excluding carboxylic acids is 1. The highest BCUT2D eigenvalue weighted by Crippen LogP contribution is 2.42. The Morgan fingerprint density at radius 3 is 2.88 bits per heavy atom. The molecule has 2 saturated carbocycles. The van der Waals surface area contributed by atoms with Gasteiger partial charge in [0.15, 0.2) is 0 Å². The third-order valence-corrected chi connectivity index (χ3v) is 6.90. The van der Waals surface area contributed by atoms with Crippen LogP contribution in [-0.2, 0) is 0 Å². The lowest BCUT2D eigenvalue weighted by Gasteiger charge is -2.21. The van der Waals surface area contributed by atoms with Crippen molar-refractivity contribution in [1.29, 1.82) is 0 Å². The number of hydrogen-bond acceptors (Lipinski definition) is 6. The van der Waals surface area contributed by atoms with E-state index in [1.807, 2.05) is 13.0 Å². The van der Waals surface area contributed by atoms with E-state index in [1.165, 1.54) is 66.8 Å². The fourth-order valence-electron chi connectivity index (χ4n) is 3.67. The first-order valence-corrected chi connectivity index (χ1v) is 10.8. The van der Waals surface area contributed by atoms with E-state index in [-0.39, 0.29) is 5.91 Å². The van der Waals surface area contributed by atoms with Gasteiger partial charge in [-0.05, 0) is 55.7 Å². The Labute approximate surface area is 156 Å². The predicted octanol–water partition coefficient (Wildman–Crippen LogP) is 4.19. The van der Waals surface area contributed by atoms with Gasteiger partial charge >= 0.3 is 0 Å². The number of nitrogens with one attached hydrogen (secondary N) is 2. The van der Waals surface area contributed by atoms with Crippen molar-refractivity contribution in [2.75, 3.05) is 11.9 Å². The van der Waals surface area contributed by atoms with Gasteiger partial charge in [0.25, 0.3) is 5.91 Å². The second-order valence-corrected chi connectivity index (χ2v) is 9.28. The third kappa shape index (κ3) is 4.27. The fraction of sp³-hybridized carbons (Fsp3) is 0.611. The van der Waals surface area contributed by atoms with Crippen LogP contribution in [0.5, 0.6) is 0 Å². The van der Waals surface area contributed by atoms with Crippen LogP contribution in [0.2, 0.25) is 0 Å². The molecule has 0 saturated heterocycles. The second kappa shape index (κ2) is 7.51. The van der Waals surface area contributed by atoms with Crippen molar-refractivity contribution in [3.8, 4) is 0 Å². The zero-order chi connectivity index (χ0) is 17.2. The van der Waals surface area contributed by atoms with Gasteiger partial charge in [-0.3, -0.25) is 10.1 Å². The zero-order valence-electron chi connectivity index (χ0n) is 14.5. The summed E-state index contributed by atoms with van der Waals surface area (Å²) in [4.78, 5) is 13.1. The van der Waals surface area contributed by atoms with Crippen molar-refractivity contribution in [1.82, 2.24) is 15.5 Å². The standard InChI is InChI=1S/C18H24N4OS2/c1-11-21-22-18(25-11)20-17(23)16-7-13(10-24-16)14-8-15(14)19-9-12-5-3-2-4-6-12/h7,10,12,14-15,19H,2-6,8-9H2,1H3,(H,20,22,23)/t14-,15+/m0/s1. The molecule has 2 fully saturated rings. The molecule has 1 amide bonds. The molecular weight excluding hydrogens is 352 g/mol. The number of aromatic nitrogens is 2. The number of nitrogens with zero attached hydrogens (tertiary/aromatic N) is 2. The Hall–Kier alpha value is -1.31. The molecule has 2 aliphatic carbocycles. The van der Waals surface area contributed by atoms with E-state index in [1.54, 1.807) is 0 Å². The number of hydrogen-bond donors (Lipinski definition) is 2. The topological polar surface area (TPSA) is 66.9 Å².